The second-order valence-electron chi connectivity index (χ2n) is 6.80. The van der Waals surface area contributed by atoms with Crippen LogP contribution >= 0.6 is 11.3 Å². The number of hydrogen-bond acceptors (Lipinski definition) is 6. The van der Waals surface area contributed by atoms with Crippen molar-refractivity contribution in [1.29, 1.82) is 0 Å². The van der Waals surface area contributed by atoms with E-state index in [0.717, 1.165) is 4.57 Å². The predicted octanol–water partition coefficient (Wildman–Crippen LogP) is 1.99. The molecule has 0 radical (unpaired) electrons. The molecule has 30 heavy (non-hydrogen) atoms. The number of aromatic nitrogens is 4. The molecule has 0 bridgehead atoms. The number of imidazole rings is 1. The van der Waals surface area contributed by atoms with Crippen molar-refractivity contribution in [3.63, 3.8) is 0 Å². The molecule has 3 aromatic rings. The Bertz CT molecular complexity index is 1330. The van der Waals surface area contributed by atoms with Gasteiger partial charge in [0.2, 0.25) is 15.2 Å². The van der Waals surface area contributed by atoms with Crippen molar-refractivity contribution in [2.45, 2.75) is 36.2 Å². The van der Waals surface area contributed by atoms with E-state index in [4.69, 9.17) is 6.42 Å². The Labute approximate surface area is 172 Å². The molecule has 1 fully saturated rings. The third-order valence-electron chi connectivity index (χ3n) is 4.73. The van der Waals surface area contributed by atoms with Crippen LogP contribution in [0.2, 0.25) is 0 Å². The standard InChI is InChI=1S/C17H14F3N5O3S2/c1-2-7-24-11-4-3-10(30(27,28)23-17(9-18)5-6-17)8-12(11)25(16(24)26)15-22-21-14(29-15)13(19)20/h1,3-4,8,13,23H,5-7,9H2. The van der Waals surface area contributed by atoms with E-state index in [-0.39, 0.29) is 27.6 Å². The Morgan fingerprint density at radius 1 is 1.30 bits per heavy atom. The molecule has 1 aliphatic rings. The second kappa shape index (κ2) is 7.22. The van der Waals surface area contributed by atoms with Crippen LogP contribution in [0.5, 0.6) is 0 Å². The van der Waals surface area contributed by atoms with Crippen LogP contribution in [-0.4, -0.2) is 40.0 Å². The topological polar surface area (TPSA) is 98.9 Å². The highest BCUT2D eigenvalue weighted by Crippen LogP contribution is 2.37. The van der Waals surface area contributed by atoms with Crippen molar-refractivity contribution in [1.82, 2.24) is 24.1 Å². The summed E-state index contributed by atoms with van der Waals surface area (Å²) in [5, 5.41) is 6.27. The number of terminal acetylenes is 1. The van der Waals surface area contributed by atoms with E-state index in [1.54, 1.807) is 0 Å². The molecule has 0 saturated heterocycles. The lowest BCUT2D eigenvalue weighted by molar-refractivity contribution is 0.150. The van der Waals surface area contributed by atoms with Gasteiger partial charge in [-0.1, -0.05) is 17.3 Å². The maximum Gasteiger partial charge on any atom is 0.336 e. The minimum Gasteiger partial charge on any atom is -0.280 e. The molecule has 0 atom stereocenters. The SMILES string of the molecule is C#CCn1c(=O)n(-c2nnc(C(F)F)s2)c2cc(S(=O)(=O)NC3(CF)CC3)ccc21. The molecule has 1 N–H and O–H groups in total. The predicted molar refractivity (Wildman–Crippen MR) is 103 cm³/mol. The van der Waals surface area contributed by atoms with Crippen molar-refractivity contribution in [3.05, 3.63) is 33.7 Å². The Morgan fingerprint density at radius 2 is 2.03 bits per heavy atom. The van der Waals surface area contributed by atoms with Gasteiger partial charge in [-0.05, 0) is 31.0 Å². The molecule has 158 valence electrons. The van der Waals surface area contributed by atoms with Gasteiger partial charge in [0.25, 0.3) is 6.43 Å². The van der Waals surface area contributed by atoms with E-state index in [0.29, 0.717) is 24.2 Å². The Hall–Kier alpha value is -2.69. The van der Waals surface area contributed by atoms with Gasteiger partial charge in [0.05, 0.1) is 28.0 Å². The molecule has 4 rings (SSSR count). The van der Waals surface area contributed by atoms with E-state index in [1.165, 1.54) is 22.8 Å². The van der Waals surface area contributed by atoms with Crippen LogP contribution in [0.3, 0.4) is 0 Å². The highest BCUT2D eigenvalue weighted by molar-refractivity contribution is 7.89. The molecule has 13 heteroatoms. The molecule has 8 nitrogen and oxygen atoms in total. The number of nitrogens with zero attached hydrogens (tertiary/aromatic N) is 4. The van der Waals surface area contributed by atoms with Gasteiger partial charge in [-0.2, -0.15) is 0 Å². The zero-order valence-corrected chi connectivity index (χ0v) is 16.8. The highest BCUT2D eigenvalue weighted by atomic mass is 32.2. The number of rotatable bonds is 7. The molecular formula is C17H14F3N5O3S2. The first-order chi connectivity index (χ1) is 14.2. The maximum absolute atomic E-state index is 13.2. The zero-order valence-electron chi connectivity index (χ0n) is 15.2. The van der Waals surface area contributed by atoms with E-state index >= 15 is 0 Å². The quantitative estimate of drug-likeness (QED) is 0.547. The van der Waals surface area contributed by atoms with Crippen LogP contribution in [0, 0.1) is 12.3 Å². The van der Waals surface area contributed by atoms with E-state index in [1.807, 2.05) is 0 Å². The van der Waals surface area contributed by atoms with Gasteiger partial charge in [0, 0.05) is 0 Å². The summed E-state index contributed by atoms with van der Waals surface area (Å²) in [5.74, 6) is 2.32. The fraction of sp³-hybridized carbons (Fsp3) is 0.353. The Balaban J connectivity index is 1.90. The Morgan fingerprint density at radius 3 is 2.60 bits per heavy atom. The molecule has 0 aliphatic heterocycles. The first-order valence-corrected chi connectivity index (χ1v) is 10.9. The van der Waals surface area contributed by atoms with Gasteiger partial charge >= 0.3 is 5.69 Å². The summed E-state index contributed by atoms with van der Waals surface area (Å²) in [5.41, 5.74) is -1.39. The average Bonchev–Trinajstić information content (AvgIpc) is 3.18. The van der Waals surface area contributed by atoms with Crippen LogP contribution in [0.15, 0.2) is 27.9 Å². The van der Waals surface area contributed by atoms with Crippen molar-refractivity contribution in [2.75, 3.05) is 6.67 Å². The lowest BCUT2D eigenvalue weighted by Crippen LogP contribution is -2.38. The molecule has 0 amide bonds. The summed E-state index contributed by atoms with van der Waals surface area (Å²) >= 11 is 0.503. The van der Waals surface area contributed by atoms with Crippen LogP contribution in [0.25, 0.3) is 16.2 Å². The summed E-state index contributed by atoms with van der Waals surface area (Å²) < 4.78 is 69.0. The molecule has 0 spiro atoms. The summed E-state index contributed by atoms with van der Waals surface area (Å²) in [6.45, 7) is -0.961. The number of alkyl halides is 3. The fourth-order valence-corrected chi connectivity index (χ4v) is 5.16. The number of hydrogen-bond donors (Lipinski definition) is 1. The maximum atomic E-state index is 13.2. The first-order valence-electron chi connectivity index (χ1n) is 8.62. The molecule has 1 saturated carbocycles. The third kappa shape index (κ3) is 3.40. The van der Waals surface area contributed by atoms with Crippen molar-refractivity contribution >= 4 is 32.4 Å². The van der Waals surface area contributed by atoms with Crippen molar-refractivity contribution < 1.29 is 21.6 Å². The van der Waals surface area contributed by atoms with E-state index in [9.17, 15) is 26.4 Å². The number of benzene rings is 1. The second-order valence-corrected chi connectivity index (χ2v) is 9.47. The van der Waals surface area contributed by atoms with Crippen molar-refractivity contribution in [3.8, 4) is 17.5 Å². The smallest absolute Gasteiger partial charge is 0.280 e. The summed E-state index contributed by atoms with van der Waals surface area (Å²) in [7, 11) is -4.09. The lowest BCUT2D eigenvalue weighted by atomic mass is 10.3. The minimum absolute atomic E-state index is 0.0974. The number of halogens is 3. The number of sulfonamides is 1. The highest BCUT2D eigenvalue weighted by Gasteiger charge is 2.46. The number of nitrogens with one attached hydrogen (secondary N) is 1. The van der Waals surface area contributed by atoms with Gasteiger partial charge < -0.3 is 0 Å². The minimum atomic E-state index is -4.09. The molecule has 2 aromatic heterocycles. The van der Waals surface area contributed by atoms with Crippen LogP contribution in [0.1, 0.15) is 24.3 Å². The molecule has 2 heterocycles. The van der Waals surface area contributed by atoms with Gasteiger partial charge in [-0.3, -0.25) is 4.57 Å². The van der Waals surface area contributed by atoms with Crippen LogP contribution in [0.4, 0.5) is 13.2 Å². The first kappa shape index (κ1) is 20.6. The molecular weight excluding hydrogens is 443 g/mol. The van der Waals surface area contributed by atoms with E-state index in [2.05, 4.69) is 20.8 Å². The zero-order chi connectivity index (χ0) is 21.7. The third-order valence-corrected chi connectivity index (χ3v) is 7.22. The van der Waals surface area contributed by atoms with Gasteiger partial charge in [0.15, 0.2) is 5.01 Å². The summed E-state index contributed by atoms with van der Waals surface area (Å²) in [6.07, 6.45) is 3.21. The summed E-state index contributed by atoms with van der Waals surface area (Å²) in [6, 6.07) is 3.84. The largest absolute Gasteiger partial charge is 0.336 e. The van der Waals surface area contributed by atoms with E-state index < -0.39 is 39.4 Å². The Kier molecular flexibility index (Phi) is 4.95. The molecule has 1 aliphatic carbocycles. The van der Waals surface area contributed by atoms with Crippen LogP contribution in [-0.2, 0) is 16.6 Å². The monoisotopic (exact) mass is 457 g/mol. The molecule has 0 unspecified atom stereocenters. The average molecular weight is 457 g/mol. The molecule has 1 aromatic carbocycles. The fourth-order valence-electron chi connectivity index (χ4n) is 3.00. The normalized spacial score (nSPS) is 15.6. The van der Waals surface area contributed by atoms with Gasteiger partial charge in [-0.25, -0.2) is 35.7 Å². The summed E-state index contributed by atoms with van der Waals surface area (Å²) in [4.78, 5) is 12.7. The number of fused-ring (bicyclic) bond motifs is 1. The van der Waals surface area contributed by atoms with Gasteiger partial charge in [0.1, 0.15) is 6.67 Å². The van der Waals surface area contributed by atoms with Crippen LogP contribution < -0.4 is 10.4 Å². The lowest BCUT2D eigenvalue weighted by Gasteiger charge is -2.14. The van der Waals surface area contributed by atoms with Gasteiger partial charge in [-0.15, -0.1) is 16.6 Å². The van der Waals surface area contributed by atoms with Crippen molar-refractivity contribution in [2.24, 2.45) is 0 Å².